The molecule has 0 fully saturated rings. The van der Waals surface area contributed by atoms with E-state index in [0.29, 0.717) is 11.1 Å². The first kappa shape index (κ1) is 25.6. The highest BCUT2D eigenvalue weighted by molar-refractivity contribution is 6.32. The Morgan fingerprint density at radius 2 is 1.62 bits per heavy atom. The molecule has 1 aromatic heterocycles. The van der Waals surface area contributed by atoms with Crippen LogP contribution in [0.25, 0.3) is 11.1 Å². The Balaban J connectivity index is 2.04. The molecule has 3 aromatic rings. The Hall–Kier alpha value is -3.01. The molecule has 0 saturated heterocycles. The van der Waals surface area contributed by atoms with Crippen LogP contribution in [0.3, 0.4) is 0 Å². The van der Waals surface area contributed by atoms with Gasteiger partial charge >= 0.3 is 12.3 Å². The summed E-state index contributed by atoms with van der Waals surface area (Å²) in [6.45, 7) is 1.19. The SMILES string of the molecule is CC(c1ccc(-c2ccc(OC(=O)O)c(Cl)c2)cc1Cl)C(O)(c1ccc(=O)n(C)c1)C(F)(F)F. The first-order chi connectivity index (χ1) is 15.8. The van der Waals surface area contributed by atoms with Gasteiger partial charge < -0.3 is 19.5 Å². The lowest BCUT2D eigenvalue weighted by Gasteiger charge is -2.37. The van der Waals surface area contributed by atoms with Crippen LogP contribution in [0.5, 0.6) is 5.75 Å². The van der Waals surface area contributed by atoms with Crippen LogP contribution in [0, 0.1) is 0 Å². The third-order valence-electron chi connectivity index (χ3n) is 5.51. The molecule has 180 valence electrons. The molecule has 0 aliphatic carbocycles. The Labute approximate surface area is 201 Å². The average molecular weight is 516 g/mol. The lowest BCUT2D eigenvalue weighted by molar-refractivity contribution is -0.274. The number of rotatable bonds is 5. The van der Waals surface area contributed by atoms with Crippen LogP contribution in [-0.2, 0) is 12.6 Å². The summed E-state index contributed by atoms with van der Waals surface area (Å²) in [6.07, 6.45) is -5.68. The second-order valence-corrected chi connectivity index (χ2v) is 8.42. The van der Waals surface area contributed by atoms with Gasteiger partial charge in [0.05, 0.1) is 5.02 Å². The third kappa shape index (κ3) is 4.77. The van der Waals surface area contributed by atoms with Gasteiger partial charge in [-0.05, 0) is 41.0 Å². The number of halogens is 5. The number of aliphatic hydroxyl groups is 1. The maximum atomic E-state index is 14.2. The first-order valence-corrected chi connectivity index (χ1v) is 10.5. The third-order valence-corrected chi connectivity index (χ3v) is 6.14. The van der Waals surface area contributed by atoms with Gasteiger partial charge in [0.25, 0.3) is 0 Å². The fourth-order valence-electron chi connectivity index (χ4n) is 3.62. The van der Waals surface area contributed by atoms with Gasteiger partial charge in [0.15, 0.2) is 11.4 Å². The average Bonchev–Trinajstić information content (AvgIpc) is 2.74. The molecule has 2 unspecified atom stereocenters. The van der Waals surface area contributed by atoms with Crippen LogP contribution in [0.1, 0.15) is 24.0 Å². The Morgan fingerprint density at radius 1 is 1.03 bits per heavy atom. The van der Waals surface area contributed by atoms with E-state index in [1.807, 2.05) is 0 Å². The Bertz CT molecular complexity index is 1310. The van der Waals surface area contributed by atoms with Crippen LogP contribution in [0.15, 0.2) is 59.5 Å². The predicted molar refractivity (Wildman–Crippen MR) is 121 cm³/mol. The van der Waals surface area contributed by atoms with Crippen LogP contribution >= 0.6 is 23.2 Å². The fraction of sp³-hybridized carbons (Fsp3) is 0.217. The minimum absolute atomic E-state index is 0.00889. The van der Waals surface area contributed by atoms with Crippen molar-refractivity contribution in [3.63, 3.8) is 0 Å². The normalized spacial score (nSPS) is 14.4. The van der Waals surface area contributed by atoms with Gasteiger partial charge in [-0.3, -0.25) is 4.79 Å². The highest BCUT2D eigenvalue weighted by Gasteiger charge is 2.59. The van der Waals surface area contributed by atoms with Crippen molar-refractivity contribution in [2.24, 2.45) is 7.05 Å². The zero-order chi connectivity index (χ0) is 25.4. The lowest BCUT2D eigenvalue weighted by Crippen LogP contribution is -2.47. The van der Waals surface area contributed by atoms with Gasteiger partial charge in [-0.15, -0.1) is 0 Å². The standard InChI is InChI=1S/C23H18Cl2F3NO5/c1-12(22(33,23(26,27)28)15-5-8-20(30)29(2)11-15)16-6-3-13(9-17(16)24)14-4-7-19(18(25)10-14)34-21(31)32/h3-12,33H,1-2H3,(H,31,32). The molecule has 2 aromatic carbocycles. The first-order valence-electron chi connectivity index (χ1n) is 9.72. The van der Waals surface area contributed by atoms with E-state index >= 15 is 0 Å². The zero-order valence-corrected chi connectivity index (χ0v) is 19.2. The van der Waals surface area contributed by atoms with Crippen molar-refractivity contribution in [1.82, 2.24) is 4.57 Å². The molecule has 34 heavy (non-hydrogen) atoms. The number of aryl methyl sites for hydroxylation is 1. The Morgan fingerprint density at radius 3 is 2.12 bits per heavy atom. The summed E-state index contributed by atoms with van der Waals surface area (Å²) >= 11 is 12.4. The molecule has 0 amide bonds. The van der Waals surface area contributed by atoms with Gasteiger partial charge in [0, 0.05) is 35.8 Å². The van der Waals surface area contributed by atoms with Crippen molar-refractivity contribution in [2.45, 2.75) is 24.6 Å². The number of ether oxygens (including phenoxy) is 1. The smallest absolute Gasteiger partial charge is 0.449 e. The van der Waals surface area contributed by atoms with Gasteiger partial charge in [-0.25, -0.2) is 4.79 Å². The molecule has 0 aliphatic heterocycles. The summed E-state index contributed by atoms with van der Waals surface area (Å²) < 4.78 is 48.0. The second-order valence-electron chi connectivity index (χ2n) is 7.60. The molecule has 6 nitrogen and oxygen atoms in total. The van der Waals surface area contributed by atoms with Gasteiger partial charge in [-0.2, -0.15) is 13.2 Å². The summed E-state index contributed by atoms with van der Waals surface area (Å²) in [4.78, 5) is 22.3. The number of pyridine rings is 1. The number of carboxylic acid groups (broad SMARTS) is 1. The number of benzene rings is 2. The van der Waals surface area contributed by atoms with Crippen molar-refractivity contribution in [3.8, 4) is 16.9 Å². The maximum absolute atomic E-state index is 14.2. The van der Waals surface area contributed by atoms with E-state index in [4.69, 9.17) is 28.3 Å². The van der Waals surface area contributed by atoms with E-state index in [0.717, 1.165) is 22.9 Å². The van der Waals surface area contributed by atoms with Crippen molar-refractivity contribution in [1.29, 1.82) is 0 Å². The predicted octanol–water partition coefficient (Wildman–Crippen LogP) is 5.97. The topological polar surface area (TPSA) is 88.8 Å². The molecule has 0 aliphatic rings. The lowest BCUT2D eigenvalue weighted by atomic mass is 9.78. The zero-order valence-electron chi connectivity index (χ0n) is 17.7. The van der Waals surface area contributed by atoms with E-state index < -0.39 is 35.0 Å². The van der Waals surface area contributed by atoms with E-state index in [9.17, 15) is 27.9 Å². The summed E-state index contributed by atoms with van der Waals surface area (Å²) in [5.41, 5.74) is -3.34. The minimum atomic E-state index is -5.08. The summed E-state index contributed by atoms with van der Waals surface area (Å²) in [5.74, 6) is -1.62. The number of hydrogen-bond acceptors (Lipinski definition) is 4. The maximum Gasteiger partial charge on any atom is 0.511 e. The van der Waals surface area contributed by atoms with Crippen LogP contribution in [0.4, 0.5) is 18.0 Å². The van der Waals surface area contributed by atoms with E-state index in [-0.39, 0.29) is 21.4 Å². The van der Waals surface area contributed by atoms with Crippen molar-refractivity contribution >= 4 is 29.4 Å². The molecule has 1 heterocycles. The van der Waals surface area contributed by atoms with Crippen molar-refractivity contribution < 1.29 is 32.9 Å². The molecular formula is C23H18Cl2F3NO5. The van der Waals surface area contributed by atoms with Crippen LogP contribution in [-0.4, -0.2) is 27.1 Å². The monoisotopic (exact) mass is 515 g/mol. The highest BCUT2D eigenvalue weighted by atomic mass is 35.5. The second kappa shape index (κ2) is 9.32. The highest BCUT2D eigenvalue weighted by Crippen LogP contribution is 2.49. The molecule has 3 rings (SSSR count). The molecule has 0 saturated carbocycles. The minimum Gasteiger partial charge on any atom is -0.449 e. The summed E-state index contributed by atoms with van der Waals surface area (Å²) in [5, 5.41) is 19.6. The van der Waals surface area contributed by atoms with E-state index in [1.54, 1.807) is 0 Å². The number of hydrogen-bond donors (Lipinski definition) is 2. The van der Waals surface area contributed by atoms with Crippen molar-refractivity contribution in [3.05, 3.63) is 86.3 Å². The van der Waals surface area contributed by atoms with Gasteiger partial charge in [0.1, 0.15) is 0 Å². The number of carbonyl (C=O) groups is 1. The molecule has 11 heteroatoms. The summed E-state index contributed by atoms with van der Waals surface area (Å²) in [6, 6.07) is 10.4. The molecule has 2 atom stereocenters. The van der Waals surface area contributed by atoms with Crippen LogP contribution in [0.2, 0.25) is 10.0 Å². The number of aromatic nitrogens is 1. The van der Waals surface area contributed by atoms with Gasteiger partial charge in [0.2, 0.25) is 5.56 Å². The largest absolute Gasteiger partial charge is 0.511 e. The Kier molecular flexibility index (Phi) is 7.02. The number of nitrogens with zero attached hydrogens (tertiary/aromatic N) is 1. The summed E-state index contributed by atoms with van der Waals surface area (Å²) in [7, 11) is 1.28. The van der Waals surface area contributed by atoms with Crippen LogP contribution < -0.4 is 10.3 Å². The molecule has 0 radical (unpaired) electrons. The van der Waals surface area contributed by atoms with E-state index in [2.05, 4.69) is 4.74 Å². The van der Waals surface area contributed by atoms with Gasteiger partial charge in [-0.1, -0.05) is 48.3 Å². The molecule has 0 bridgehead atoms. The quantitative estimate of drug-likeness (QED) is 0.322. The van der Waals surface area contributed by atoms with E-state index in [1.165, 1.54) is 50.4 Å². The molecular weight excluding hydrogens is 498 g/mol. The fourth-order valence-corrected chi connectivity index (χ4v) is 4.18. The molecule has 2 N–H and O–H groups in total. The van der Waals surface area contributed by atoms with Crippen molar-refractivity contribution in [2.75, 3.05) is 0 Å². The number of alkyl halides is 3. The molecule has 0 spiro atoms.